The van der Waals surface area contributed by atoms with Crippen LogP contribution in [0.3, 0.4) is 0 Å². The molecule has 0 bridgehead atoms. The summed E-state index contributed by atoms with van der Waals surface area (Å²) in [5, 5.41) is 2.92. The molecule has 0 atom stereocenters. The minimum Gasteiger partial charge on any atom is -0.355 e. The zero-order valence-corrected chi connectivity index (χ0v) is 18.4. The molecule has 0 aliphatic carbocycles. The van der Waals surface area contributed by atoms with E-state index in [1.54, 1.807) is 12.4 Å². The van der Waals surface area contributed by atoms with Gasteiger partial charge in [-0.15, -0.1) is 0 Å². The average molecular weight is 475 g/mol. The van der Waals surface area contributed by atoms with Crippen molar-refractivity contribution in [3.63, 3.8) is 0 Å². The lowest BCUT2D eigenvalue weighted by Gasteiger charge is -2.32. The summed E-state index contributed by atoms with van der Waals surface area (Å²) in [4.78, 5) is 22.5. The van der Waals surface area contributed by atoms with E-state index >= 15 is 0 Å². The normalized spacial score (nSPS) is 14.8. The number of benzene rings is 1. The number of pyridine rings is 2. The second-order valence-corrected chi connectivity index (χ2v) is 8.41. The monoisotopic (exact) mass is 474 g/mol. The fourth-order valence-corrected chi connectivity index (χ4v) is 4.14. The molecule has 2 aromatic heterocycles. The Morgan fingerprint density at radius 3 is 2.30 bits per heavy atom. The van der Waals surface area contributed by atoms with Crippen molar-refractivity contribution in [1.82, 2.24) is 9.97 Å². The van der Waals surface area contributed by atoms with Gasteiger partial charge in [-0.1, -0.05) is 23.7 Å². The molecule has 0 saturated carbocycles. The molecule has 1 fully saturated rings. The maximum atomic E-state index is 12.8. The highest BCUT2D eigenvalue weighted by molar-refractivity contribution is 6.33. The molecule has 4 rings (SSSR count). The standard InChI is InChI=1S/C24H22ClF3N4O/c25-21-14-19(24(26,27)28)15-30-22(21)32-11-7-18(8-12-32)23(33)31-20-3-1-16(2-4-20)13-17-5-9-29-10-6-17/h1-6,9-10,14-15,18H,7-8,11-13H2,(H,31,33). The third kappa shape index (κ3) is 5.82. The van der Waals surface area contributed by atoms with E-state index in [2.05, 4.69) is 15.3 Å². The van der Waals surface area contributed by atoms with Crippen molar-refractivity contribution >= 4 is 29.0 Å². The second kappa shape index (κ2) is 9.79. The van der Waals surface area contributed by atoms with Gasteiger partial charge in [0.25, 0.3) is 0 Å². The summed E-state index contributed by atoms with van der Waals surface area (Å²) >= 11 is 6.05. The molecule has 9 heteroatoms. The number of hydrogen-bond donors (Lipinski definition) is 1. The highest BCUT2D eigenvalue weighted by Crippen LogP contribution is 2.34. The fourth-order valence-electron chi connectivity index (χ4n) is 3.86. The maximum absolute atomic E-state index is 12.8. The van der Waals surface area contributed by atoms with E-state index < -0.39 is 11.7 Å². The van der Waals surface area contributed by atoms with Gasteiger partial charge in [-0.2, -0.15) is 13.2 Å². The van der Waals surface area contributed by atoms with Crippen LogP contribution >= 0.6 is 11.6 Å². The van der Waals surface area contributed by atoms with E-state index in [0.717, 1.165) is 35.5 Å². The van der Waals surface area contributed by atoms with Crippen molar-refractivity contribution in [2.24, 2.45) is 5.92 Å². The first-order valence-electron chi connectivity index (χ1n) is 10.6. The van der Waals surface area contributed by atoms with Crippen LogP contribution in [0.4, 0.5) is 24.7 Å². The number of nitrogens with one attached hydrogen (secondary N) is 1. The molecule has 172 valence electrons. The molecule has 3 heterocycles. The number of amides is 1. The second-order valence-electron chi connectivity index (χ2n) is 8.01. The average Bonchev–Trinajstić information content (AvgIpc) is 2.80. The Morgan fingerprint density at radius 1 is 1.06 bits per heavy atom. The Labute approximate surface area is 194 Å². The number of piperidine rings is 1. The minimum absolute atomic E-state index is 0.0421. The molecule has 33 heavy (non-hydrogen) atoms. The molecular weight excluding hydrogens is 453 g/mol. The number of nitrogens with zero attached hydrogens (tertiary/aromatic N) is 3. The first-order valence-corrected chi connectivity index (χ1v) is 10.9. The number of carbonyl (C=O) groups excluding carboxylic acids is 1. The smallest absolute Gasteiger partial charge is 0.355 e. The summed E-state index contributed by atoms with van der Waals surface area (Å²) in [6.45, 7) is 0.974. The van der Waals surface area contributed by atoms with E-state index in [4.69, 9.17) is 11.6 Å². The topological polar surface area (TPSA) is 58.1 Å². The van der Waals surface area contributed by atoms with Crippen LogP contribution < -0.4 is 10.2 Å². The molecule has 0 unspecified atom stereocenters. The predicted octanol–water partition coefficient (Wildman–Crippen LogP) is 5.59. The van der Waals surface area contributed by atoms with Crippen LogP contribution in [0.15, 0.2) is 61.1 Å². The summed E-state index contributed by atoms with van der Waals surface area (Å²) in [6, 6.07) is 12.6. The zero-order chi connectivity index (χ0) is 23.4. The van der Waals surface area contributed by atoms with Crippen molar-refractivity contribution < 1.29 is 18.0 Å². The van der Waals surface area contributed by atoms with E-state index in [1.165, 1.54) is 0 Å². The van der Waals surface area contributed by atoms with Crippen LogP contribution in [0.2, 0.25) is 5.02 Å². The Balaban J connectivity index is 1.30. The minimum atomic E-state index is -4.49. The van der Waals surface area contributed by atoms with E-state index in [-0.39, 0.29) is 16.8 Å². The van der Waals surface area contributed by atoms with E-state index in [0.29, 0.717) is 31.7 Å². The van der Waals surface area contributed by atoms with E-state index in [9.17, 15) is 18.0 Å². The molecule has 1 aliphatic rings. The molecule has 0 radical (unpaired) electrons. The van der Waals surface area contributed by atoms with Gasteiger partial charge in [-0.25, -0.2) is 4.98 Å². The summed E-state index contributed by atoms with van der Waals surface area (Å²) < 4.78 is 38.5. The molecule has 1 N–H and O–H groups in total. The Kier molecular flexibility index (Phi) is 6.83. The van der Waals surface area contributed by atoms with Gasteiger partial charge >= 0.3 is 6.18 Å². The van der Waals surface area contributed by atoms with Crippen LogP contribution in [-0.2, 0) is 17.4 Å². The third-order valence-electron chi connectivity index (χ3n) is 5.69. The van der Waals surface area contributed by atoms with Crippen LogP contribution in [0.25, 0.3) is 0 Å². The van der Waals surface area contributed by atoms with Gasteiger partial charge in [0.1, 0.15) is 5.82 Å². The van der Waals surface area contributed by atoms with Crippen LogP contribution in [0.1, 0.15) is 29.5 Å². The molecule has 1 aromatic carbocycles. The number of anilines is 2. The largest absolute Gasteiger partial charge is 0.417 e. The van der Waals surface area contributed by atoms with Crippen LogP contribution in [0.5, 0.6) is 0 Å². The van der Waals surface area contributed by atoms with E-state index in [1.807, 2.05) is 41.3 Å². The Morgan fingerprint density at radius 2 is 1.70 bits per heavy atom. The highest BCUT2D eigenvalue weighted by atomic mass is 35.5. The summed E-state index contributed by atoms with van der Waals surface area (Å²) in [6.07, 6.45) is 1.73. The van der Waals surface area contributed by atoms with Gasteiger partial charge in [0.05, 0.1) is 10.6 Å². The van der Waals surface area contributed by atoms with Crippen molar-refractivity contribution in [2.75, 3.05) is 23.3 Å². The molecule has 1 saturated heterocycles. The van der Waals surface area contributed by atoms with Gasteiger partial charge in [-0.3, -0.25) is 9.78 Å². The molecule has 1 aliphatic heterocycles. The van der Waals surface area contributed by atoms with Gasteiger partial charge in [0.15, 0.2) is 0 Å². The Hall–Kier alpha value is -3.13. The quantitative estimate of drug-likeness (QED) is 0.523. The Bertz CT molecular complexity index is 1100. The lowest BCUT2D eigenvalue weighted by molar-refractivity contribution is -0.137. The third-order valence-corrected chi connectivity index (χ3v) is 5.97. The van der Waals surface area contributed by atoms with Crippen LogP contribution in [0, 0.1) is 5.92 Å². The van der Waals surface area contributed by atoms with Crippen LogP contribution in [-0.4, -0.2) is 29.0 Å². The van der Waals surface area contributed by atoms with Crippen molar-refractivity contribution in [3.05, 3.63) is 82.8 Å². The summed E-state index contributed by atoms with van der Waals surface area (Å²) in [5.41, 5.74) is 2.15. The van der Waals surface area contributed by atoms with Gasteiger partial charge in [0, 0.05) is 43.3 Å². The summed E-state index contributed by atoms with van der Waals surface area (Å²) in [5.74, 6) is 0.0577. The molecular formula is C24H22ClF3N4O. The molecule has 1 amide bonds. The molecule has 5 nitrogen and oxygen atoms in total. The first kappa shape index (κ1) is 23.0. The van der Waals surface area contributed by atoms with Gasteiger partial charge in [0.2, 0.25) is 5.91 Å². The number of halogens is 4. The van der Waals surface area contributed by atoms with Crippen molar-refractivity contribution in [3.8, 4) is 0 Å². The van der Waals surface area contributed by atoms with Crippen molar-refractivity contribution in [1.29, 1.82) is 0 Å². The number of carbonyl (C=O) groups is 1. The first-order chi connectivity index (χ1) is 15.8. The lowest BCUT2D eigenvalue weighted by atomic mass is 9.95. The maximum Gasteiger partial charge on any atom is 0.417 e. The van der Waals surface area contributed by atoms with Crippen molar-refractivity contribution in [2.45, 2.75) is 25.4 Å². The SMILES string of the molecule is O=C(Nc1ccc(Cc2ccncc2)cc1)C1CCN(c2ncc(C(F)(F)F)cc2Cl)CC1. The summed E-state index contributed by atoms with van der Waals surface area (Å²) in [7, 11) is 0. The van der Waals surface area contributed by atoms with Gasteiger partial charge in [-0.05, 0) is 60.7 Å². The number of rotatable bonds is 5. The highest BCUT2D eigenvalue weighted by Gasteiger charge is 2.33. The van der Waals surface area contributed by atoms with Gasteiger partial charge < -0.3 is 10.2 Å². The lowest BCUT2D eigenvalue weighted by Crippen LogP contribution is -2.38. The molecule has 3 aromatic rings. The predicted molar refractivity (Wildman–Crippen MR) is 121 cm³/mol. The fraction of sp³-hybridized carbons (Fsp3) is 0.292. The molecule has 0 spiro atoms. The zero-order valence-electron chi connectivity index (χ0n) is 17.6. The number of alkyl halides is 3. The number of hydrogen-bond acceptors (Lipinski definition) is 4. The number of aromatic nitrogens is 2.